The first-order valence-electron chi connectivity index (χ1n) is 6.08. The number of hydrogen-bond acceptors (Lipinski definition) is 4. The molecule has 1 aliphatic carbocycles. The van der Waals surface area contributed by atoms with Crippen molar-refractivity contribution >= 4 is 27.0 Å². The molecule has 0 aromatic carbocycles. The van der Waals surface area contributed by atoms with E-state index in [1.165, 1.54) is 31.9 Å². The van der Waals surface area contributed by atoms with Crippen molar-refractivity contribution in [3.05, 3.63) is 0 Å². The fourth-order valence-corrected chi connectivity index (χ4v) is 3.21. The lowest BCUT2D eigenvalue weighted by Crippen LogP contribution is -2.40. The summed E-state index contributed by atoms with van der Waals surface area (Å²) in [6.45, 7) is 1.39. The van der Waals surface area contributed by atoms with Gasteiger partial charge < -0.3 is 5.73 Å². The van der Waals surface area contributed by atoms with Gasteiger partial charge in [-0.2, -0.15) is 0 Å². The fourth-order valence-electron chi connectivity index (χ4n) is 2.39. The maximum atomic E-state index is 11.1. The van der Waals surface area contributed by atoms with E-state index in [-0.39, 0.29) is 5.75 Å². The first-order valence-corrected chi connectivity index (χ1v) is 8.55. The van der Waals surface area contributed by atoms with Gasteiger partial charge in [-0.05, 0) is 25.8 Å². The van der Waals surface area contributed by atoms with Crippen molar-refractivity contribution < 1.29 is 8.42 Å². The Morgan fingerprint density at radius 1 is 1.41 bits per heavy atom. The second-order valence-electron chi connectivity index (χ2n) is 4.86. The molecule has 1 saturated carbocycles. The van der Waals surface area contributed by atoms with Crippen molar-refractivity contribution in [1.29, 1.82) is 0 Å². The Morgan fingerprint density at radius 3 is 2.47 bits per heavy atom. The molecule has 0 unspecified atom stereocenters. The Balaban J connectivity index is 2.42. The summed E-state index contributed by atoms with van der Waals surface area (Å²) >= 11 is 4.95. The van der Waals surface area contributed by atoms with Crippen LogP contribution in [0.3, 0.4) is 0 Å². The maximum Gasteiger partial charge on any atom is 0.147 e. The highest BCUT2D eigenvalue weighted by Gasteiger charge is 2.22. The summed E-state index contributed by atoms with van der Waals surface area (Å²) in [5, 5.41) is 0. The molecule has 0 aromatic heterocycles. The van der Waals surface area contributed by atoms with Crippen LogP contribution < -0.4 is 5.73 Å². The van der Waals surface area contributed by atoms with Crippen LogP contribution in [0.2, 0.25) is 0 Å². The van der Waals surface area contributed by atoms with Gasteiger partial charge in [0.2, 0.25) is 0 Å². The largest absolute Gasteiger partial charge is 0.392 e. The van der Waals surface area contributed by atoms with Crippen LogP contribution in [0.4, 0.5) is 0 Å². The van der Waals surface area contributed by atoms with Crippen molar-refractivity contribution in [2.45, 2.75) is 38.1 Å². The Morgan fingerprint density at radius 2 is 2.00 bits per heavy atom. The van der Waals surface area contributed by atoms with Crippen LogP contribution in [0, 0.1) is 0 Å². The SMILES string of the molecule is CS(=O)(=O)CCCN(CC(N)=S)C1CCCC1. The molecule has 0 bridgehead atoms. The molecule has 0 atom stereocenters. The van der Waals surface area contributed by atoms with Crippen molar-refractivity contribution in [3.8, 4) is 0 Å². The van der Waals surface area contributed by atoms with Crippen molar-refractivity contribution in [2.75, 3.05) is 25.1 Å². The lowest BCUT2D eigenvalue weighted by atomic mass is 10.2. The van der Waals surface area contributed by atoms with Crippen LogP contribution >= 0.6 is 12.2 Å². The summed E-state index contributed by atoms with van der Waals surface area (Å²) in [7, 11) is -2.86. The van der Waals surface area contributed by atoms with Gasteiger partial charge in [0.15, 0.2) is 0 Å². The molecule has 0 saturated heterocycles. The molecule has 0 spiro atoms. The lowest BCUT2D eigenvalue weighted by molar-refractivity contribution is 0.228. The zero-order chi connectivity index (χ0) is 12.9. The van der Waals surface area contributed by atoms with E-state index in [0.29, 0.717) is 24.0 Å². The molecule has 1 rings (SSSR count). The summed E-state index contributed by atoms with van der Waals surface area (Å²) in [6.07, 6.45) is 6.82. The van der Waals surface area contributed by atoms with Crippen LogP contribution in [-0.4, -0.2) is 49.4 Å². The molecular formula is C11H22N2O2S2. The third kappa shape index (κ3) is 6.33. The van der Waals surface area contributed by atoms with Gasteiger partial charge in [0.25, 0.3) is 0 Å². The average Bonchev–Trinajstić information content (AvgIpc) is 2.66. The molecule has 17 heavy (non-hydrogen) atoms. The van der Waals surface area contributed by atoms with Crippen molar-refractivity contribution in [1.82, 2.24) is 4.90 Å². The molecule has 100 valence electrons. The minimum Gasteiger partial charge on any atom is -0.392 e. The van der Waals surface area contributed by atoms with Gasteiger partial charge in [-0.25, -0.2) is 8.42 Å². The summed E-state index contributed by atoms with van der Waals surface area (Å²) in [5.41, 5.74) is 5.59. The highest BCUT2D eigenvalue weighted by atomic mass is 32.2. The predicted molar refractivity (Wildman–Crippen MR) is 74.9 cm³/mol. The zero-order valence-corrected chi connectivity index (χ0v) is 12.0. The Kier molecular flexibility index (Phi) is 5.82. The van der Waals surface area contributed by atoms with Crippen molar-refractivity contribution in [2.24, 2.45) is 5.73 Å². The number of nitrogens with zero attached hydrogens (tertiary/aromatic N) is 1. The van der Waals surface area contributed by atoms with Crippen LogP contribution in [0.1, 0.15) is 32.1 Å². The van der Waals surface area contributed by atoms with Gasteiger partial charge in [0.1, 0.15) is 9.84 Å². The molecule has 1 aliphatic rings. The third-order valence-electron chi connectivity index (χ3n) is 3.16. The predicted octanol–water partition coefficient (Wildman–Crippen LogP) is 0.952. The van der Waals surface area contributed by atoms with Gasteiger partial charge >= 0.3 is 0 Å². The molecule has 6 heteroatoms. The standard InChI is InChI=1S/C11H22N2O2S2/c1-17(14,15)8-4-7-13(9-11(12)16)10-5-2-3-6-10/h10H,2-9H2,1H3,(H2,12,16). The van der Waals surface area contributed by atoms with E-state index in [9.17, 15) is 8.42 Å². The van der Waals surface area contributed by atoms with E-state index >= 15 is 0 Å². The topological polar surface area (TPSA) is 63.4 Å². The molecule has 0 aliphatic heterocycles. The molecular weight excluding hydrogens is 256 g/mol. The maximum absolute atomic E-state index is 11.1. The quantitative estimate of drug-likeness (QED) is 0.703. The molecule has 1 fully saturated rings. The van der Waals surface area contributed by atoms with Gasteiger partial charge in [-0.3, -0.25) is 4.90 Å². The average molecular weight is 278 g/mol. The molecule has 0 aromatic rings. The van der Waals surface area contributed by atoms with E-state index < -0.39 is 9.84 Å². The Labute approximate surface area is 109 Å². The zero-order valence-electron chi connectivity index (χ0n) is 10.4. The van der Waals surface area contributed by atoms with Crippen LogP contribution in [0.25, 0.3) is 0 Å². The van der Waals surface area contributed by atoms with Crippen LogP contribution in [-0.2, 0) is 9.84 Å². The van der Waals surface area contributed by atoms with E-state index in [1.54, 1.807) is 0 Å². The normalized spacial score (nSPS) is 17.8. The van der Waals surface area contributed by atoms with E-state index in [1.807, 2.05) is 0 Å². The summed E-state index contributed by atoms with van der Waals surface area (Å²) in [5.74, 6) is 0.244. The Hall–Kier alpha value is -0.200. The van der Waals surface area contributed by atoms with Crippen LogP contribution in [0.5, 0.6) is 0 Å². The van der Waals surface area contributed by atoms with Gasteiger partial charge in [0, 0.05) is 18.8 Å². The number of hydrogen-bond donors (Lipinski definition) is 1. The number of rotatable bonds is 7. The second kappa shape index (κ2) is 6.66. The minimum atomic E-state index is -2.86. The first-order chi connectivity index (χ1) is 7.88. The van der Waals surface area contributed by atoms with Gasteiger partial charge in [0.05, 0.1) is 10.7 Å². The fraction of sp³-hybridized carbons (Fsp3) is 0.909. The molecule has 2 N–H and O–H groups in total. The van der Waals surface area contributed by atoms with E-state index in [2.05, 4.69) is 4.90 Å². The lowest BCUT2D eigenvalue weighted by Gasteiger charge is -2.28. The summed E-state index contributed by atoms with van der Waals surface area (Å²) in [4.78, 5) is 2.75. The molecule has 0 heterocycles. The third-order valence-corrected chi connectivity index (χ3v) is 4.32. The van der Waals surface area contributed by atoms with Gasteiger partial charge in [-0.15, -0.1) is 0 Å². The summed E-state index contributed by atoms with van der Waals surface area (Å²) in [6, 6.07) is 0.538. The Bertz CT molecular complexity index is 348. The molecule has 0 radical (unpaired) electrons. The molecule has 0 amide bonds. The first kappa shape index (κ1) is 14.9. The smallest absolute Gasteiger partial charge is 0.147 e. The van der Waals surface area contributed by atoms with Crippen LogP contribution in [0.15, 0.2) is 0 Å². The molecule has 4 nitrogen and oxygen atoms in total. The number of thiocarbonyl (C=S) groups is 1. The monoisotopic (exact) mass is 278 g/mol. The van der Waals surface area contributed by atoms with Gasteiger partial charge in [-0.1, -0.05) is 25.1 Å². The van der Waals surface area contributed by atoms with E-state index in [0.717, 1.165) is 6.54 Å². The van der Waals surface area contributed by atoms with Crippen molar-refractivity contribution in [3.63, 3.8) is 0 Å². The second-order valence-corrected chi connectivity index (χ2v) is 7.64. The summed E-state index contributed by atoms with van der Waals surface area (Å²) < 4.78 is 22.2. The number of nitrogens with two attached hydrogens (primary N) is 1. The number of sulfone groups is 1. The van der Waals surface area contributed by atoms with E-state index in [4.69, 9.17) is 18.0 Å². The highest BCUT2D eigenvalue weighted by Crippen LogP contribution is 2.23. The highest BCUT2D eigenvalue weighted by molar-refractivity contribution is 7.90. The minimum absolute atomic E-state index is 0.244.